The molecule has 1 aliphatic carbocycles. The van der Waals surface area contributed by atoms with E-state index in [1.165, 1.54) is 18.4 Å². The van der Waals surface area contributed by atoms with Crippen LogP contribution in [0.4, 0.5) is 5.82 Å². The van der Waals surface area contributed by atoms with Gasteiger partial charge in [-0.2, -0.15) is 0 Å². The molecule has 0 unspecified atom stereocenters. The molecule has 0 bridgehead atoms. The summed E-state index contributed by atoms with van der Waals surface area (Å²) in [6.45, 7) is 7.18. The first-order valence-corrected chi connectivity index (χ1v) is 5.51. The van der Waals surface area contributed by atoms with E-state index in [0.717, 1.165) is 18.3 Å². The van der Waals surface area contributed by atoms with Crippen LogP contribution in [0.2, 0.25) is 0 Å². The number of hydrogen-bond donors (Lipinski definition) is 1. The Hall–Kier alpha value is -1.05. The smallest absolute Gasteiger partial charge is 0.126 e. The van der Waals surface area contributed by atoms with Gasteiger partial charge in [-0.3, -0.25) is 0 Å². The Bertz CT molecular complexity index is 267. The summed E-state index contributed by atoms with van der Waals surface area (Å²) in [6, 6.07) is 4.10. The molecular formula is C12H20N2. The van der Waals surface area contributed by atoms with E-state index in [1.54, 1.807) is 0 Å². The molecule has 0 aromatic carbocycles. The van der Waals surface area contributed by atoms with Crippen molar-refractivity contribution in [3.05, 3.63) is 23.9 Å². The summed E-state index contributed by atoms with van der Waals surface area (Å²) in [5, 5.41) is 3.34. The summed E-state index contributed by atoms with van der Waals surface area (Å²) in [7, 11) is 0. The van der Waals surface area contributed by atoms with Crippen molar-refractivity contribution in [3.63, 3.8) is 0 Å². The lowest BCUT2D eigenvalue weighted by Crippen LogP contribution is -2.04. The molecule has 0 saturated heterocycles. The van der Waals surface area contributed by atoms with Gasteiger partial charge >= 0.3 is 0 Å². The fourth-order valence-corrected chi connectivity index (χ4v) is 1.20. The third kappa shape index (κ3) is 3.77. The molecule has 1 aromatic rings. The van der Waals surface area contributed by atoms with Crippen LogP contribution in [0.1, 0.15) is 32.3 Å². The number of hydrogen-bond acceptors (Lipinski definition) is 2. The number of nitrogens with one attached hydrogen (secondary N) is 1. The van der Waals surface area contributed by atoms with Crippen LogP contribution in [0.3, 0.4) is 0 Å². The Morgan fingerprint density at radius 3 is 2.71 bits per heavy atom. The van der Waals surface area contributed by atoms with E-state index >= 15 is 0 Å². The van der Waals surface area contributed by atoms with Crippen LogP contribution in [0.15, 0.2) is 18.3 Å². The minimum Gasteiger partial charge on any atom is -0.370 e. The van der Waals surface area contributed by atoms with Crippen LogP contribution < -0.4 is 5.32 Å². The van der Waals surface area contributed by atoms with Gasteiger partial charge in [-0.15, -0.1) is 0 Å². The van der Waals surface area contributed by atoms with Crippen molar-refractivity contribution in [2.45, 2.75) is 33.6 Å². The van der Waals surface area contributed by atoms with Crippen molar-refractivity contribution >= 4 is 5.82 Å². The second kappa shape index (κ2) is 5.63. The molecule has 0 atom stereocenters. The van der Waals surface area contributed by atoms with Gasteiger partial charge in [-0.25, -0.2) is 4.98 Å². The summed E-state index contributed by atoms with van der Waals surface area (Å²) >= 11 is 0. The molecule has 0 amide bonds. The number of anilines is 1. The molecule has 78 valence electrons. The minimum absolute atomic E-state index is 0.910. The van der Waals surface area contributed by atoms with Crippen LogP contribution in [0.5, 0.6) is 0 Å². The maximum Gasteiger partial charge on any atom is 0.126 e. The highest BCUT2D eigenvalue weighted by molar-refractivity contribution is 5.37. The predicted molar refractivity (Wildman–Crippen MR) is 61.5 cm³/mol. The highest BCUT2D eigenvalue weighted by Crippen LogP contribution is 2.28. The predicted octanol–water partition coefficient (Wildman–Crippen LogP) is 3.24. The Morgan fingerprint density at radius 1 is 1.43 bits per heavy atom. The van der Waals surface area contributed by atoms with Crippen LogP contribution in [-0.4, -0.2) is 11.5 Å². The standard InChI is InChI=1S/C10H14N2.C2H6/c1-8-4-5-11-10(6-8)12-7-9-2-3-9;1-2/h4-6,9H,2-3,7H2,1H3,(H,11,12);1-2H3. The first kappa shape index (κ1) is 11.0. The average Bonchev–Trinajstić information content (AvgIpc) is 3.02. The lowest BCUT2D eigenvalue weighted by molar-refractivity contribution is 0.882. The molecule has 0 aliphatic heterocycles. The van der Waals surface area contributed by atoms with Crippen LogP contribution >= 0.6 is 0 Å². The number of pyridine rings is 1. The van der Waals surface area contributed by atoms with Crippen LogP contribution in [0, 0.1) is 12.8 Å². The zero-order valence-corrected chi connectivity index (χ0v) is 9.38. The third-order valence-corrected chi connectivity index (χ3v) is 2.18. The lowest BCUT2D eigenvalue weighted by atomic mass is 10.3. The van der Waals surface area contributed by atoms with Crippen molar-refractivity contribution in [1.29, 1.82) is 0 Å². The zero-order valence-electron chi connectivity index (χ0n) is 9.38. The molecule has 1 aliphatic rings. The number of aryl methyl sites for hydroxylation is 1. The van der Waals surface area contributed by atoms with E-state index < -0.39 is 0 Å². The van der Waals surface area contributed by atoms with Gasteiger partial charge in [0.2, 0.25) is 0 Å². The minimum atomic E-state index is 0.910. The van der Waals surface area contributed by atoms with Crippen molar-refractivity contribution < 1.29 is 0 Å². The monoisotopic (exact) mass is 192 g/mol. The van der Waals surface area contributed by atoms with Crippen molar-refractivity contribution in [2.75, 3.05) is 11.9 Å². The highest BCUT2D eigenvalue weighted by atomic mass is 15.0. The van der Waals surface area contributed by atoms with E-state index in [9.17, 15) is 0 Å². The molecule has 1 N–H and O–H groups in total. The molecule has 14 heavy (non-hydrogen) atoms. The van der Waals surface area contributed by atoms with Crippen molar-refractivity contribution in [3.8, 4) is 0 Å². The number of rotatable bonds is 3. The van der Waals surface area contributed by atoms with Gasteiger partial charge in [0, 0.05) is 12.7 Å². The topological polar surface area (TPSA) is 24.9 Å². The van der Waals surface area contributed by atoms with Crippen molar-refractivity contribution in [2.24, 2.45) is 5.92 Å². The van der Waals surface area contributed by atoms with E-state index in [-0.39, 0.29) is 0 Å². The van der Waals surface area contributed by atoms with E-state index in [2.05, 4.69) is 23.3 Å². The van der Waals surface area contributed by atoms with E-state index in [0.29, 0.717) is 0 Å². The summed E-state index contributed by atoms with van der Waals surface area (Å²) in [4.78, 5) is 4.23. The molecule has 1 aromatic heterocycles. The Labute approximate surface area is 86.8 Å². The van der Waals surface area contributed by atoms with Crippen LogP contribution in [0.25, 0.3) is 0 Å². The second-order valence-electron chi connectivity index (χ2n) is 3.54. The Balaban J connectivity index is 0.000000461. The van der Waals surface area contributed by atoms with Gasteiger partial charge < -0.3 is 5.32 Å². The molecular weight excluding hydrogens is 172 g/mol. The molecule has 2 nitrogen and oxygen atoms in total. The van der Waals surface area contributed by atoms with E-state index in [4.69, 9.17) is 0 Å². The van der Waals surface area contributed by atoms with Gasteiger partial charge in [-0.1, -0.05) is 13.8 Å². The lowest BCUT2D eigenvalue weighted by Gasteiger charge is -2.03. The highest BCUT2D eigenvalue weighted by Gasteiger charge is 2.20. The molecule has 1 saturated carbocycles. The van der Waals surface area contributed by atoms with Gasteiger partial charge in [0.25, 0.3) is 0 Å². The fraction of sp³-hybridized carbons (Fsp3) is 0.583. The van der Waals surface area contributed by atoms with Gasteiger partial charge in [-0.05, 0) is 43.4 Å². The van der Waals surface area contributed by atoms with Gasteiger partial charge in [0.15, 0.2) is 0 Å². The summed E-state index contributed by atoms with van der Waals surface area (Å²) in [5.74, 6) is 1.93. The summed E-state index contributed by atoms with van der Waals surface area (Å²) < 4.78 is 0. The largest absolute Gasteiger partial charge is 0.370 e. The Kier molecular flexibility index (Phi) is 4.44. The summed E-state index contributed by atoms with van der Waals surface area (Å²) in [5.41, 5.74) is 1.27. The number of aromatic nitrogens is 1. The maximum atomic E-state index is 4.23. The second-order valence-corrected chi connectivity index (χ2v) is 3.54. The molecule has 0 spiro atoms. The molecule has 0 radical (unpaired) electrons. The van der Waals surface area contributed by atoms with E-state index in [1.807, 2.05) is 26.1 Å². The van der Waals surface area contributed by atoms with Gasteiger partial charge in [0.05, 0.1) is 0 Å². The molecule has 1 fully saturated rings. The Morgan fingerprint density at radius 2 is 2.14 bits per heavy atom. The molecule has 2 rings (SSSR count). The quantitative estimate of drug-likeness (QED) is 0.795. The molecule has 1 heterocycles. The third-order valence-electron chi connectivity index (χ3n) is 2.18. The first-order chi connectivity index (χ1) is 6.84. The maximum absolute atomic E-state index is 4.23. The average molecular weight is 192 g/mol. The SMILES string of the molecule is CC.Cc1ccnc(NCC2CC2)c1. The molecule has 2 heteroatoms. The van der Waals surface area contributed by atoms with Crippen molar-refractivity contribution in [1.82, 2.24) is 4.98 Å². The normalized spacial score (nSPS) is 14.2. The zero-order chi connectivity index (χ0) is 10.4. The number of nitrogens with zero attached hydrogens (tertiary/aromatic N) is 1. The summed E-state index contributed by atoms with van der Waals surface area (Å²) in [6.07, 6.45) is 4.63. The van der Waals surface area contributed by atoms with Gasteiger partial charge in [0.1, 0.15) is 5.82 Å². The van der Waals surface area contributed by atoms with Crippen LogP contribution in [-0.2, 0) is 0 Å². The fourth-order valence-electron chi connectivity index (χ4n) is 1.20. The first-order valence-electron chi connectivity index (χ1n) is 5.51.